The van der Waals surface area contributed by atoms with Crippen LogP contribution < -0.4 is 9.62 Å². The molecule has 0 aliphatic rings. The average Bonchev–Trinajstić information content (AvgIpc) is 2.75. The topological polar surface area (TPSA) is 86.8 Å². The standard InChI is InChI=1S/C23H28Cl3N3O4S/c1-15(2)12-27-23(31)16(3)28(13-17-5-10-20(25)21(26)11-17)22(30)14-29(34(4,32)33)19-8-6-18(24)7-9-19/h5-11,15-16H,12-14H2,1-4H3,(H,27,31)/t16-/m0/s1. The van der Waals surface area contributed by atoms with Crippen LogP contribution in [0.15, 0.2) is 42.5 Å². The Morgan fingerprint density at radius 3 is 2.12 bits per heavy atom. The van der Waals surface area contributed by atoms with Crippen LogP contribution in [-0.4, -0.2) is 50.5 Å². The van der Waals surface area contributed by atoms with Gasteiger partial charge in [-0.15, -0.1) is 0 Å². The Bertz CT molecular complexity index is 1120. The molecular weight excluding hydrogens is 521 g/mol. The number of rotatable bonds is 10. The summed E-state index contributed by atoms with van der Waals surface area (Å²) in [4.78, 5) is 27.6. The lowest BCUT2D eigenvalue weighted by Crippen LogP contribution is -2.51. The lowest BCUT2D eigenvalue weighted by atomic mass is 10.1. The summed E-state index contributed by atoms with van der Waals surface area (Å²) in [6.07, 6.45) is 1.01. The number of anilines is 1. The number of nitrogens with zero attached hydrogens (tertiary/aromatic N) is 2. The van der Waals surface area contributed by atoms with Gasteiger partial charge in [0.25, 0.3) is 0 Å². The van der Waals surface area contributed by atoms with Gasteiger partial charge in [0.1, 0.15) is 12.6 Å². The van der Waals surface area contributed by atoms with Gasteiger partial charge in [-0.3, -0.25) is 13.9 Å². The van der Waals surface area contributed by atoms with Crippen molar-refractivity contribution >= 4 is 62.3 Å². The summed E-state index contributed by atoms with van der Waals surface area (Å²) in [7, 11) is -3.81. The van der Waals surface area contributed by atoms with E-state index in [1.165, 1.54) is 29.2 Å². The van der Waals surface area contributed by atoms with E-state index in [4.69, 9.17) is 34.8 Å². The van der Waals surface area contributed by atoms with Crippen LogP contribution >= 0.6 is 34.8 Å². The molecule has 0 saturated heterocycles. The molecular formula is C23H28Cl3N3O4S. The van der Waals surface area contributed by atoms with Gasteiger partial charge in [-0.25, -0.2) is 8.42 Å². The summed E-state index contributed by atoms with van der Waals surface area (Å²) in [6, 6.07) is 10.1. The molecule has 0 saturated carbocycles. The molecule has 0 aliphatic carbocycles. The Balaban J connectivity index is 2.38. The molecule has 2 aromatic rings. The normalized spacial score (nSPS) is 12.4. The maximum Gasteiger partial charge on any atom is 0.244 e. The van der Waals surface area contributed by atoms with Crippen LogP contribution in [0.4, 0.5) is 5.69 Å². The van der Waals surface area contributed by atoms with Gasteiger partial charge in [0, 0.05) is 18.1 Å². The number of benzene rings is 2. The minimum Gasteiger partial charge on any atom is -0.354 e. The first-order valence-corrected chi connectivity index (χ1v) is 13.5. The third kappa shape index (κ3) is 8.05. The van der Waals surface area contributed by atoms with E-state index in [-0.39, 0.29) is 24.1 Å². The molecule has 2 aromatic carbocycles. The van der Waals surface area contributed by atoms with Crippen molar-refractivity contribution in [2.24, 2.45) is 5.92 Å². The molecule has 2 rings (SSSR count). The number of nitrogens with one attached hydrogen (secondary N) is 1. The van der Waals surface area contributed by atoms with Crippen LogP contribution in [0.3, 0.4) is 0 Å². The summed E-state index contributed by atoms with van der Waals surface area (Å²) in [6.45, 7) is 5.49. The second-order valence-corrected chi connectivity index (χ2v) is 11.5. The molecule has 0 spiro atoms. The molecule has 1 atom stereocenters. The maximum atomic E-state index is 13.4. The van der Waals surface area contributed by atoms with E-state index in [2.05, 4.69) is 5.32 Å². The average molecular weight is 549 g/mol. The number of halogens is 3. The van der Waals surface area contributed by atoms with E-state index < -0.39 is 28.5 Å². The predicted octanol–water partition coefficient (Wildman–Crippen LogP) is 4.60. The van der Waals surface area contributed by atoms with Gasteiger partial charge in [0.2, 0.25) is 21.8 Å². The zero-order valence-corrected chi connectivity index (χ0v) is 22.5. The van der Waals surface area contributed by atoms with Gasteiger partial charge in [-0.1, -0.05) is 54.7 Å². The third-order valence-electron chi connectivity index (χ3n) is 4.98. The SMILES string of the molecule is CC(C)CNC(=O)[C@H](C)N(Cc1ccc(Cl)c(Cl)c1)C(=O)CN(c1ccc(Cl)cc1)S(C)(=O)=O. The second kappa shape index (κ2) is 12.1. The molecule has 0 radical (unpaired) electrons. The smallest absolute Gasteiger partial charge is 0.244 e. The van der Waals surface area contributed by atoms with Gasteiger partial charge in [-0.05, 0) is 54.8 Å². The molecule has 0 aliphatic heterocycles. The van der Waals surface area contributed by atoms with Gasteiger partial charge in [-0.2, -0.15) is 0 Å². The first kappa shape index (κ1) is 28.2. The molecule has 2 amide bonds. The quantitative estimate of drug-likeness (QED) is 0.470. The first-order valence-electron chi connectivity index (χ1n) is 10.5. The van der Waals surface area contributed by atoms with Crippen molar-refractivity contribution in [3.05, 3.63) is 63.1 Å². The van der Waals surface area contributed by atoms with E-state index in [0.717, 1.165) is 10.6 Å². The van der Waals surface area contributed by atoms with E-state index in [1.54, 1.807) is 25.1 Å². The summed E-state index contributed by atoms with van der Waals surface area (Å²) in [5.41, 5.74) is 0.926. The van der Waals surface area contributed by atoms with E-state index in [1.807, 2.05) is 13.8 Å². The zero-order chi connectivity index (χ0) is 25.6. The summed E-state index contributed by atoms with van der Waals surface area (Å²) in [5.74, 6) is -0.681. The minimum atomic E-state index is -3.81. The van der Waals surface area contributed by atoms with Crippen molar-refractivity contribution < 1.29 is 18.0 Å². The summed E-state index contributed by atoms with van der Waals surface area (Å²) >= 11 is 18.1. The van der Waals surface area contributed by atoms with Crippen molar-refractivity contribution in [2.75, 3.05) is 23.7 Å². The molecule has 11 heteroatoms. The monoisotopic (exact) mass is 547 g/mol. The summed E-state index contributed by atoms with van der Waals surface area (Å²) in [5, 5.41) is 3.92. The van der Waals surface area contributed by atoms with Crippen LogP contribution in [-0.2, 0) is 26.2 Å². The maximum absolute atomic E-state index is 13.4. The molecule has 7 nitrogen and oxygen atoms in total. The number of sulfonamides is 1. The molecule has 34 heavy (non-hydrogen) atoms. The predicted molar refractivity (Wildman–Crippen MR) is 138 cm³/mol. The number of hydrogen-bond donors (Lipinski definition) is 1. The van der Waals surface area contributed by atoms with Crippen molar-refractivity contribution in [2.45, 2.75) is 33.4 Å². The van der Waals surface area contributed by atoms with Crippen LogP contribution in [0.5, 0.6) is 0 Å². The van der Waals surface area contributed by atoms with E-state index in [0.29, 0.717) is 27.2 Å². The van der Waals surface area contributed by atoms with Crippen molar-refractivity contribution in [3.8, 4) is 0 Å². The molecule has 1 N–H and O–H groups in total. The zero-order valence-electron chi connectivity index (χ0n) is 19.4. The highest BCUT2D eigenvalue weighted by molar-refractivity contribution is 7.92. The fourth-order valence-corrected chi connectivity index (χ4v) is 4.39. The van der Waals surface area contributed by atoms with Gasteiger partial charge in [0.05, 0.1) is 22.0 Å². The van der Waals surface area contributed by atoms with Crippen LogP contribution in [0.25, 0.3) is 0 Å². The number of carbonyl (C=O) groups is 2. The van der Waals surface area contributed by atoms with Crippen LogP contribution in [0, 0.1) is 5.92 Å². The molecule has 0 fully saturated rings. The Kier molecular flexibility index (Phi) is 10.1. The largest absolute Gasteiger partial charge is 0.354 e. The minimum absolute atomic E-state index is 0.0320. The van der Waals surface area contributed by atoms with Crippen LogP contribution in [0.1, 0.15) is 26.3 Å². The number of amides is 2. The van der Waals surface area contributed by atoms with Gasteiger partial charge in [0.15, 0.2) is 0 Å². The number of hydrogen-bond acceptors (Lipinski definition) is 4. The Hall–Kier alpha value is -2.00. The lowest BCUT2D eigenvalue weighted by molar-refractivity contribution is -0.139. The highest BCUT2D eigenvalue weighted by Crippen LogP contribution is 2.25. The fourth-order valence-electron chi connectivity index (χ4n) is 3.09. The Labute approximate surface area is 216 Å². The fraction of sp³-hybridized carbons (Fsp3) is 0.391. The van der Waals surface area contributed by atoms with Gasteiger partial charge < -0.3 is 10.2 Å². The molecule has 186 valence electrons. The molecule has 0 aromatic heterocycles. The first-order chi connectivity index (χ1) is 15.8. The van der Waals surface area contributed by atoms with Gasteiger partial charge >= 0.3 is 0 Å². The third-order valence-corrected chi connectivity index (χ3v) is 7.11. The highest BCUT2D eigenvalue weighted by atomic mass is 35.5. The second-order valence-electron chi connectivity index (χ2n) is 8.33. The Morgan fingerprint density at radius 1 is 0.971 bits per heavy atom. The van der Waals surface area contributed by atoms with Crippen molar-refractivity contribution in [1.82, 2.24) is 10.2 Å². The molecule has 0 heterocycles. The summed E-state index contributed by atoms with van der Waals surface area (Å²) < 4.78 is 26.0. The Morgan fingerprint density at radius 2 is 1.59 bits per heavy atom. The van der Waals surface area contributed by atoms with E-state index >= 15 is 0 Å². The lowest BCUT2D eigenvalue weighted by Gasteiger charge is -2.31. The molecule has 0 bridgehead atoms. The van der Waals surface area contributed by atoms with E-state index in [9.17, 15) is 18.0 Å². The van der Waals surface area contributed by atoms with Crippen LogP contribution in [0.2, 0.25) is 15.1 Å². The number of carbonyl (C=O) groups excluding carboxylic acids is 2. The van der Waals surface area contributed by atoms with Crippen molar-refractivity contribution in [3.63, 3.8) is 0 Å². The molecule has 0 unspecified atom stereocenters. The highest BCUT2D eigenvalue weighted by Gasteiger charge is 2.30. The van der Waals surface area contributed by atoms with Crippen molar-refractivity contribution in [1.29, 1.82) is 0 Å².